The lowest BCUT2D eigenvalue weighted by atomic mass is 10.2. The van der Waals surface area contributed by atoms with Crippen LogP contribution in [-0.2, 0) is 6.54 Å². The Hall–Kier alpha value is -1.09. The van der Waals surface area contributed by atoms with E-state index in [9.17, 15) is 0 Å². The summed E-state index contributed by atoms with van der Waals surface area (Å²) in [6.07, 6.45) is 3.56. The molecule has 0 radical (unpaired) electrons. The van der Waals surface area contributed by atoms with Gasteiger partial charge in [-0.3, -0.25) is 4.98 Å². The number of hydrogen-bond donors (Lipinski definition) is 1. The SMILES string of the molecule is CCOc1ccncc1CNC. The van der Waals surface area contributed by atoms with Gasteiger partial charge in [0, 0.05) is 24.5 Å². The van der Waals surface area contributed by atoms with Gasteiger partial charge >= 0.3 is 0 Å². The molecule has 1 aromatic heterocycles. The number of rotatable bonds is 4. The first kappa shape index (κ1) is 9.00. The molecule has 0 fully saturated rings. The second-order valence-corrected chi connectivity index (χ2v) is 2.45. The fraction of sp³-hybridized carbons (Fsp3) is 0.444. The van der Waals surface area contributed by atoms with Crippen molar-refractivity contribution in [2.45, 2.75) is 13.5 Å². The minimum atomic E-state index is 0.695. The van der Waals surface area contributed by atoms with E-state index in [1.165, 1.54) is 0 Å². The topological polar surface area (TPSA) is 34.1 Å². The minimum absolute atomic E-state index is 0.695. The summed E-state index contributed by atoms with van der Waals surface area (Å²) in [4.78, 5) is 4.03. The molecule has 12 heavy (non-hydrogen) atoms. The van der Waals surface area contributed by atoms with Crippen LogP contribution < -0.4 is 10.1 Å². The van der Waals surface area contributed by atoms with Gasteiger partial charge in [-0.15, -0.1) is 0 Å². The molecule has 3 heteroatoms. The van der Waals surface area contributed by atoms with Crippen LogP contribution in [0.15, 0.2) is 18.5 Å². The number of nitrogens with zero attached hydrogens (tertiary/aromatic N) is 1. The van der Waals surface area contributed by atoms with Crippen LogP contribution in [0, 0.1) is 0 Å². The maximum absolute atomic E-state index is 5.41. The molecular formula is C9H14N2O. The van der Waals surface area contributed by atoms with Crippen molar-refractivity contribution in [2.75, 3.05) is 13.7 Å². The summed E-state index contributed by atoms with van der Waals surface area (Å²) in [5, 5.41) is 3.06. The maximum Gasteiger partial charge on any atom is 0.126 e. The van der Waals surface area contributed by atoms with Crippen molar-refractivity contribution in [1.29, 1.82) is 0 Å². The third-order valence-electron chi connectivity index (χ3n) is 1.53. The maximum atomic E-state index is 5.41. The van der Waals surface area contributed by atoms with Gasteiger partial charge < -0.3 is 10.1 Å². The van der Waals surface area contributed by atoms with Gasteiger partial charge in [-0.05, 0) is 20.0 Å². The zero-order valence-electron chi connectivity index (χ0n) is 7.50. The Bertz CT molecular complexity index is 213. The Morgan fingerprint density at radius 2 is 2.42 bits per heavy atom. The van der Waals surface area contributed by atoms with E-state index in [0.717, 1.165) is 17.9 Å². The first-order valence-electron chi connectivity index (χ1n) is 4.08. The Morgan fingerprint density at radius 1 is 1.58 bits per heavy atom. The highest BCUT2D eigenvalue weighted by molar-refractivity contribution is 5.29. The zero-order chi connectivity index (χ0) is 8.81. The number of aromatic nitrogens is 1. The van der Waals surface area contributed by atoms with Crippen LogP contribution in [0.3, 0.4) is 0 Å². The van der Waals surface area contributed by atoms with E-state index in [-0.39, 0.29) is 0 Å². The highest BCUT2D eigenvalue weighted by Gasteiger charge is 2.00. The Kier molecular flexibility index (Phi) is 3.54. The van der Waals surface area contributed by atoms with Crippen LogP contribution in [0.4, 0.5) is 0 Å². The molecule has 1 aromatic rings. The van der Waals surface area contributed by atoms with Gasteiger partial charge in [-0.1, -0.05) is 0 Å². The monoisotopic (exact) mass is 166 g/mol. The van der Waals surface area contributed by atoms with E-state index in [1.54, 1.807) is 6.20 Å². The fourth-order valence-corrected chi connectivity index (χ4v) is 1.03. The smallest absolute Gasteiger partial charge is 0.126 e. The highest BCUT2D eigenvalue weighted by atomic mass is 16.5. The quantitative estimate of drug-likeness (QED) is 0.729. The van der Waals surface area contributed by atoms with Crippen molar-refractivity contribution in [1.82, 2.24) is 10.3 Å². The molecule has 1 rings (SSSR count). The first-order valence-corrected chi connectivity index (χ1v) is 4.08. The molecule has 0 atom stereocenters. The van der Waals surface area contributed by atoms with Gasteiger partial charge in [0.2, 0.25) is 0 Å². The van der Waals surface area contributed by atoms with Crippen molar-refractivity contribution < 1.29 is 4.74 Å². The molecule has 1 heterocycles. The van der Waals surface area contributed by atoms with E-state index in [2.05, 4.69) is 10.3 Å². The second-order valence-electron chi connectivity index (χ2n) is 2.45. The summed E-state index contributed by atoms with van der Waals surface area (Å²) in [5.74, 6) is 0.918. The van der Waals surface area contributed by atoms with Crippen molar-refractivity contribution >= 4 is 0 Å². The molecule has 0 saturated carbocycles. The van der Waals surface area contributed by atoms with Crippen molar-refractivity contribution in [3.05, 3.63) is 24.0 Å². The average Bonchev–Trinajstić information content (AvgIpc) is 2.09. The Labute approximate surface area is 72.8 Å². The van der Waals surface area contributed by atoms with Crippen LogP contribution in [0.2, 0.25) is 0 Å². The standard InChI is InChI=1S/C9H14N2O/c1-3-12-9-4-5-11-7-8(9)6-10-2/h4-5,7,10H,3,6H2,1-2H3. The molecule has 0 spiro atoms. The molecule has 0 unspecified atom stereocenters. The number of pyridine rings is 1. The summed E-state index contributed by atoms with van der Waals surface area (Å²) >= 11 is 0. The van der Waals surface area contributed by atoms with Gasteiger partial charge in [0.15, 0.2) is 0 Å². The van der Waals surface area contributed by atoms with Crippen LogP contribution >= 0.6 is 0 Å². The van der Waals surface area contributed by atoms with Crippen molar-refractivity contribution in [3.63, 3.8) is 0 Å². The van der Waals surface area contributed by atoms with Crippen LogP contribution in [0.1, 0.15) is 12.5 Å². The second kappa shape index (κ2) is 4.72. The summed E-state index contributed by atoms with van der Waals surface area (Å²) < 4.78 is 5.41. The summed E-state index contributed by atoms with van der Waals surface area (Å²) in [5.41, 5.74) is 1.10. The van der Waals surface area contributed by atoms with E-state index in [0.29, 0.717) is 6.61 Å². The molecule has 0 aliphatic carbocycles. The summed E-state index contributed by atoms with van der Waals surface area (Å²) in [6, 6.07) is 1.89. The molecule has 0 aliphatic heterocycles. The van der Waals surface area contributed by atoms with E-state index in [4.69, 9.17) is 4.74 Å². The molecule has 0 saturated heterocycles. The molecule has 3 nitrogen and oxygen atoms in total. The molecular weight excluding hydrogens is 152 g/mol. The van der Waals surface area contributed by atoms with Crippen LogP contribution in [0.25, 0.3) is 0 Å². The van der Waals surface area contributed by atoms with Gasteiger partial charge in [0.1, 0.15) is 5.75 Å². The predicted molar refractivity (Wildman–Crippen MR) is 48.2 cm³/mol. The molecule has 0 aromatic carbocycles. The van der Waals surface area contributed by atoms with Crippen molar-refractivity contribution in [2.24, 2.45) is 0 Å². The summed E-state index contributed by atoms with van der Waals surface area (Å²) in [7, 11) is 1.91. The fourth-order valence-electron chi connectivity index (χ4n) is 1.03. The molecule has 0 aliphatic rings. The van der Waals surface area contributed by atoms with E-state index >= 15 is 0 Å². The lowest BCUT2D eigenvalue weighted by Gasteiger charge is -2.07. The number of nitrogens with one attached hydrogen (secondary N) is 1. The van der Waals surface area contributed by atoms with Gasteiger partial charge in [-0.25, -0.2) is 0 Å². The Balaban J connectivity index is 2.77. The Morgan fingerprint density at radius 3 is 3.08 bits per heavy atom. The molecule has 0 bridgehead atoms. The van der Waals surface area contributed by atoms with Crippen LogP contribution in [-0.4, -0.2) is 18.6 Å². The number of hydrogen-bond acceptors (Lipinski definition) is 3. The van der Waals surface area contributed by atoms with Gasteiger partial charge in [-0.2, -0.15) is 0 Å². The van der Waals surface area contributed by atoms with E-state index in [1.807, 2.05) is 26.2 Å². The van der Waals surface area contributed by atoms with Crippen molar-refractivity contribution in [3.8, 4) is 5.75 Å². The van der Waals surface area contributed by atoms with Gasteiger partial charge in [0.05, 0.1) is 6.61 Å². The largest absolute Gasteiger partial charge is 0.493 e. The number of ether oxygens (including phenoxy) is 1. The molecule has 66 valence electrons. The van der Waals surface area contributed by atoms with E-state index < -0.39 is 0 Å². The third-order valence-corrected chi connectivity index (χ3v) is 1.53. The third kappa shape index (κ3) is 2.20. The van der Waals surface area contributed by atoms with Gasteiger partial charge in [0.25, 0.3) is 0 Å². The normalized spacial score (nSPS) is 9.83. The first-order chi connectivity index (χ1) is 5.88. The molecule has 0 amide bonds. The predicted octanol–water partition coefficient (Wildman–Crippen LogP) is 1.20. The average molecular weight is 166 g/mol. The lowest BCUT2D eigenvalue weighted by molar-refractivity contribution is 0.335. The summed E-state index contributed by atoms with van der Waals surface area (Å²) in [6.45, 7) is 3.47. The highest BCUT2D eigenvalue weighted by Crippen LogP contribution is 2.15. The minimum Gasteiger partial charge on any atom is -0.493 e. The zero-order valence-corrected chi connectivity index (χ0v) is 7.50. The lowest BCUT2D eigenvalue weighted by Crippen LogP contribution is -2.07. The van der Waals surface area contributed by atoms with Crippen LogP contribution in [0.5, 0.6) is 5.75 Å². The molecule has 1 N–H and O–H groups in total.